The first-order valence-electron chi connectivity index (χ1n) is 13.1. The molecule has 38 heavy (non-hydrogen) atoms. The number of halogens is 2. The number of likely N-dealkylation sites (N-methyl/N-ethyl adjacent to an activating group) is 1. The van der Waals surface area contributed by atoms with Crippen molar-refractivity contribution in [2.24, 2.45) is 21.8 Å². The summed E-state index contributed by atoms with van der Waals surface area (Å²) >= 11 is 6.71. The molecule has 4 rings (SSSR count). The number of aliphatic hydroxyl groups is 1. The summed E-state index contributed by atoms with van der Waals surface area (Å²) in [5.41, 5.74) is 0.551. The molecular formula is C28H36ClFN6O2. The normalized spacial score (nSPS) is 24.7. The maximum Gasteiger partial charge on any atom is 0.212 e. The number of piperazine rings is 1. The number of allylic oxidation sites excluding steroid dienone is 5. The van der Waals surface area contributed by atoms with Crippen LogP contribution in [0.3, 0.4) is 0 Å². The number of amidine groups is 1. The van der Waals surface area contributed by atoms with E-state index >= 15 is 0 Å². The van der Waals surface area contributed by atoms with Gasteiger partial charge in [-0.15, -0.1) is 0 Å². The van der Waals surface area contributed by atoms with Crippen LogP contribution in [-0.2, 0) is 4.79 Å². The average molecular weight is 543 g/mol. The number of pyridine rings is 1. The lowest BCUT2D eigenvalue weighted by molar-refractivity contribution is -0.105. The van der Waals surface area contributed by atoms with E-state index in [4.69, 9.17) is 21.6 Å². The number of carbonyl (C=O) groups excluding carboxylic acids is 1. The summed E-state index contributed by atoms with van der Waals surface area (Å²) in [6.07, 6.45) is 9.03. The maximum atomic E-state index is 14.8. The van der Waals surface area contributed by atoms with Crippen LogP contribution in [0.25, 0.3) is 5.57 Å². The molecular weight excluding hydrogens is 507 g/mol. The van der Waals surface area contributed by atoms with E-state index in [0.29, 0.717) is 36.7 Å². The summed E-state index contributed by atoms with van der Waals surface area (Å²) in [7, 11) is 2.08. The first kappa shape index (κ1) is 28.0. The van der Waals surface area contributed by atoms with E-state index in [9.17, 15) is 14.3 Å². The quantitative estimate of drug-likeness (QED) is 0.279. The fraction of sp³-hybridized carbons (Fsp3) is 0.500. The molecule has 0 spiro atoms. The minimum Gasteiger partial charge on any atom is -0.511 e. The SMILES string of the molecule is CC(C)CC1C=CC=NC1/N=C(\c1cc(Cl)c(C2=C(O)CCC=C2F)nc1NC=O)N1CCN(C)CC1C. The lowest BCUT2D eigenvalue weighted by atomic mass is 9.93. The smallest absolute Gasteiger partial charge is 0.212 e. The highest BCUT2D eigenvalue weighted by molar-refractivity contribution is 6.33. The predicted molar refractivity (Wildman–Crippen MR) is 151 cm³/mol. The number of amides is 1. The number of dihydropyridines is 1. The van der Waals surface area contributed by atoms with Gasteiger partial charge < -0.3 is 20.2 Å². The van der Waals surface area contributed by atoms with Crippen LogP contribution in [0.5, 0.6) is 0 Å². The molecule has 1 aliphatic carbocycles. The second-order valence-corrected chi connectivity index (χ2v) is 10.9. The molecule has 1 aromatic heterocycles. The minimum atomic E-state index is -0.589. The van der Waals surface area contributed by atoms with Crippen molar-refractivity contribution in [3.63, 3.8) is 0 Å². The van der Waals surface area contributed by atoms with Gasteiger partial charge in [0.2, 0.25) is 6.41 Å². The number of hydrogen-bond donors (Lipinski definition) is 2. The molecule has 1 fully saturated rings. The Morgan fingerprint density at radius 1 is 1.39 bits per heavy atom. The van der Waals surface area contributed by atoms with E-state index in [0.717, 1.165) is 19.5 Å². The summed E-state index contributed by atoms with van der Waals surface area (Å²) in [5, 5.41) is 13.3. The second-order valence-electron chi connectivity index (χ2n) is 10.5. The highest BCUT2D eigenvalue weighted by atomic mass is 35.5. The standard InChI is InChI=1S/C28H36ClFN6O2/c1-17(2)13-19-7-6-10-31-26(19)34-28(36-12-11-35(4)15-18(36)3)20-14-21(29)25(33-27(20)32-16-37)24-22(30)8-5-9-23(24)38/h6-8,10,14,16-19,26,38H,5,9,11-13,15H2,1-4H3,(H,32,33,37)/b34-28+. The molecule has 0 radical (unpaired) electrons. The molecule has 3 unspecified atom stereocenters. The number of aliphatic imine (C=N–C) groups is 2. The molecule has 204 valence electrons. The van der Waals surface area contributed by atoms with Crippen LogP contribution in [-0.4, -0.2) is 77.2 Å². The molecule has 0 saturated carbocycles. The van der Waals surface area contributed by atoms with Gasteiger partial charge in [-0.1, -0.05) is 31.5 Å². The monoisotopic (exact) mass is 542 g/mol. The highest BCUT2D eigenvalue weighted by Crippen LogP contribution is 2.38. The number of aromatic nitrogens is 1. The Hall–Kier alpha value is -3.04. The van der Waals surface area contributed by atoms with Crippen LogP contribution in [0.1, 0.15) is 51.3 Å². The molecule has 3 heterocycles. The molecule has 10 heteroatoms. The van der Waals surface area contributed by atoms with Crippen molar-refractivity contribution in [3.05, 3.63) is 52.2 Å². The Morgan fingerprint density at radius 3 is 2.87 bits per heavy atom. The van der Waals surface area contributed by atoms with Crippen molar-refractivity contribution < 1.29 is 14.3 Å². The van der Waals surface area contributed by atoms with Crippen molar-refractivity contribution in [1.82, 2.24) is 14.8 Å². The van der Waals surface area contributed by atoms with Gasteiger partial charge in [0, 0.05) is 44.2 Å². The summed E-state index contributed by atoms with van der Waals surface area (Å²) in [4.78, 5) is 30.6. The third kappa shape index (κ3) is 6.15. The lowest BCUT2D eigenvalue weighted by Gasteiger charge is -2.41. The third-order valence-electron chi connectivity index (χ3n) is 7.05. The first-order valence-corrected chi connectivity index (χ1v) is 13.5. The maximum absolute atomic E-state index is 14.8. The minimum absolute atomic E-state index is 0.0489. The Morgan fingerprint density at radius 2 is 2.18 bits per heavy atom. The topological polar surface area (TPSA) is 93.4 Å². The van der Waals surface area contributed by atoms with Gasteiger partial charge in [-0.3, -0.25) is 9.79 Å². The Kier molecular flexibility index (Phi) is 8.99. The zero-order valence-electron chi connectivity index (χ0n) is 22.4. The fourth-order valence-electron chi connectivity index (χ4n) is 5.24. The molecule has 3 atom stereocenters. The molecule has 0 bridgehead atoms. The van der Waals surface area contributed by atoms with Gasteiger partial charge in [-0.05, 0) is 50.9 Å². The van der Waals surface area contributed by atoms with E-state index in [2.05, 4.69) is 54.0 Å². The number of anilines is 1. The van der Waals surface area contributed by atoms with Gasteiger partial charge in [-0.2, -0.15) is 0 Å². The molecule has 0 aromatic carbocycles. The van der Waals surface area contributed by atoms with Crippen LogP contribution >= 0.6 is 11.6 Å². The first-order chi connectivity index (χ1) is 18.2. The summed E-state index contributed by atoms with van der Waals surface area (Å²) in [6, 6.07) is 1.77. The number of nitrogens with one attached hydrogen (secondary N) is 1. The Balaban J connectivity index is 1.87. The van der Waals surface area contributed by atoms with Crippen molar-refractivity contribution >= 4 is 41.5 Å². The largest absolute Gasteiger partial charge is 0.511 e. The molecule has 2 aliphatic heterocycles. The average Bonchev–Trinajstić information content (AvgIpc) is 2.85. The van der Waals surface area contributed by atoms with E-state index in [-0.39, 0.29) is 52.4 Å². The summed E-state index contributed by atoms with van der Waals surface area (Å²) in [6.45, 7) is 8.85. The van der Waals surface area contributed by atoms with Crippen LogP contribution in [0.2, 0.25) is 5.02 Å². The highest BCUT2D eigenvalue weighted by Gasteiger charge is 2.31. The number of nitrogens with zero attached hydrogens (tertiary/aromatic N) is 5. The van der Waals surface area contributed by atoms with Crippen LogP contribution < -0.4 is 5.32 Å². The van der Waals surface area contributed by atoms with Crippen LogP contribution in [0, 0.1) is 11.8 Å². The van der Waals surface area contributed by atoms with Crippen LogP contribution in [0.4, 0.5) is 10.2 Å². The predicted octanol–water partition coefficient (Wildman–Crippen LogP) is 5.23. The van der Waals surface area contributed by atoms with Crippen molar-refractivity contribution in [2.45, 2.75) is 52.2 Å². The van der Waals surface area contributed by atoms with Crippen LogP contribution in [0.15, 0.2) is 45.9 Å². The van der Waals surface area contributed by atoms with Gasteiger partial charge in [0.25, 0.3) is 0 Å². The third-order valence-corrected chi connectivity index (χ3v) is 7.34. The van der Waals surface area contributed by atoms with E-state index in [1.165, 1.54) is 6.08 Å². The molecule has 2 N–H and O–H groups in total. The van der Waals surface area contributed by atoms with E-state index in [1.54, 1.807) is 12.3 Å². The molecule has 1 amide bonds. The molecule has 3 aliphatic rings. The van der Waals surface area contributed by atoms with Gasteiger partial charge in [-0.25, -0.2) is 14.4 Å². The Bertz CT molecular complexity index is 1210. The number of aliphatic hydroxyl groups excluding tert-OH is 1. The fourth-order valence-corrected chi connectivity index (χ4v) is 5.49. The number of carbonyl (C=O) groups is 1. The number of rotatable bonds is 7. The van der Waals surface area contributed by atoms with Gasteiger partial charge in [0.15, 0.2) is 0 Å². The van der Waals surface area contributed by atoms with Crippen molar-refractivity contribution in [2.75, 3.05) is 32.0 Å². The molecule has 1 saturated heterocycles. The lowest BCUT2D eigenvalue weighted by Crippen LogP contribution is -2.53. The number of hydrogen-bond acceptors (Lipinski definition) is 6. The molecule has 8 nitrogen and oxygen atoms in total. The second kappa shape index (κ2) is 12.2. The van der Waals surface area contributed by atoms with Gasteiger partial charge in [0.05, 0.1) is 21.9 Å². The zero-order valence-corrected chi connectivity index (χ0v) is 23.1. The van der Waals surface area contributed by atoms with E-state index < -0.39 is 5.83 Å². The zero-order chi connectivity index (χ0) is 27.4. The van der Waals surface area contributed by atoms with E-state index in [1.807, 2.05) is 6.08 Å². The van der Waals surface area contributed by atoms with Gasteiger partial charge in [0.1, 0.15) is 29.4 Å². The summed E-state index contributed by atoms with van der Waals surface area (Å²) in [5.74, 6) is 0.689. The Labute approximate surface area is 228 Å². The van der Waals surface area contributed by atoms with Crippen molar-refractivity contribution in [3.8, 4) is 0 Å². The van der Waals surface area contributed by atoms with Crippen molar-refractivity contribution in [1.29, 1.82) is 0 Å². The molecule has 1 aromatic rings. The van der Waals surface area contributed by atoms with Gasteiger partial charge >= 0.3 is 0 Å². The summed E-state index contributed by atoms with van der Waals surface area (Å²) < 4.78 is 14.8.